The summed E-state index contributed by atoms with van der Waals surface area (Å²) in [5.74, 6) is 0.972. The molecule has 0 unspecified atom stereocenters. The third-order valence-corrected chi connectivity index (χ3v) is 3.60. The van der Waals surface area contributed by atoms with Crippen LogP contribution in [0.15, 0.2) is 48.5 Å². The summed E-state index contributed by atoms with van der Waals surface area (Å²) in [6.07, 6.45) is 1.38. The number of benzene rings is 2. The second-order valence-corrected chi connectivity index (χ2v) is 5.33. The molecule has 1 N–H and O–H groups in total. The smallest absolute Gasteiger partial charge is 0.224 e. The van der Waals surface area contributed by atoms with E-state index in [0.29, 0.717) is 6.42 Å². The number of aryl methyl sites for hydroxylation is 1. The summed E-state index contributed by atoms with van der Waals surface area (Å²) in [4.78, 5) is 16.3. The van der Waals surface area contributed by atoms with Crippen LogP contribution < -0.4 is 5.32 Å². The number of rotatable bonds is 4. The normalized spacial score (nSPS) is 10.8. The Morgan fingerprint density at radius 2 is 1.95 bits per heavy atom. The Bertz CT molecular complexity index is 806. The Morgan fingerprint density at radius 3 is 2.68 bits per heavy atom. The summed E-state index contributed by atoms with van der Waals surface area (Å²) in [7, 11) is 0. The quantitative estimate of drug-likeness (QED) is 0.788. The molecule has 0 bridgehead atoms. The average Bonchev–Trinajstić information content (AvgIpc) is 2.83. The standard InChI is InChI=1S/C18H19N3O/c1-3-7-18(22)20-14-10-11-17-16(12-14)19-13(2)21(17)15-8-5-4-6-9-15/h4-6,8-12H,3,7H2,1-2H3,(H,20,22). The molecule has 22 heavy (non-hydrogen) atoms. The van der Waals surface area contributed by atoms with Gasteiger partial charge in [0.2, 0.25) is 5.91 Å². The van der Waals surface area contributed by atoms with E-state index >= 15 is 0 Å². The van der Waals surface area contributed by atoms with E-state index in [9.17, 15) is 4.79 Å². The van der Waals surface area contributed by atoms with Gasteiger partial charge in [-0.15, -0.1) is 0 Å². The summed E-state index contributed by atoms with van der Waals surface area (Å²) in [5.41, 5.74) is 3.81. The van der Waals surface area contributed by atoms with Crippen molar-refractivity contribution in [3.63, 3.8) is 0 Å². The molecule has 0 atom stereocenters. The molecule has 0 aliphatic carbocycles. The summed E-state index contributed by atoms with van der Waals surface area (Å²) in [5, 5.41) is 2.92. The van der Waals surface area contributed by atoms with E-state index in [-0.39, 0.29) is 5.91 Å². The van der Waals surface area contributed by atoms with Crippen LogP contribution in [0.1, 0.15) is 25.6 Å². The minimum Gasteiger partial charge on any atom is -0.326 e. The van der Waals surface area contributed by atoms with Crippen LogP contribution in [0.3, 0.4) is 0 Å². The number of fused-ring (bicyclic) bond motifs is 1. The van der Waals surface area contributed by atoms with E-state index in [2.05, 4.69) is 27.0 Å². The van der Waals surface area contributed by atoms with Crippen LogP contribution in [0.5, 0.6) is 0 Å². The number of amides is 1. The average molecular weight is 293 g/mol. The molecular formula is C18H19N3O. The van der Waals surface area contributed by atoms with Gasteiger partial charge in [-0.2, -0.15) is 0 Å². The third-order valence-electron chi connectivity index (χ3n) is 3.60. The van der Waals surface area contributed by atoms with Crippen molar-refractivity contribution in [3.8, 4) is 5.69 Å². The molecule has 0 saturated heterocycles. The van der Waals surface area contributed by atoms with E-state index < -0.39 is 0 Å². The van der Waals surface area contributed by atoms with Gasteiger partial charge in [0.25, 0.3) is 0 Å². The van der Waals surface area contributed by atoms with Crippen molar-refractivity contribution >= 4 is 22.6 Å². The molecular weight excluding hydrogens is 274 g/mol. The highest BCUT2D eigenvalue weighted by atomic mass is 16.1. The summed E-state index contributed by atoms with van der Waals surface area (Å²) >= 11 is 0. The second kappa shape index (κ2) is 6.02. The number of carbonyl (C=O) groups excluding carboxylic acids is 1. The summed E-state index contributed by atoms with van der Waals surface area (Å²) < 4.78 is 2.12. The lowest BCUT2D eigenvalue weighted by Crippen LogP contribution is -2.10. The molecule has 1 heterocycles. The Kier molecular flexibility index (Phi) is 3.92. The van der Waals surface area contributed by atoms with Crippen molar-refractivity contribution in [2.45, 2.75) is 26.7 Å². The number of hydrogen-bond acceptors (Lipinski definition) is 2. The summed E-state index contributed by atoms with van der Waals surface area (Å²) in [6.45, 7) is 3.98. The van der Waals surface area contributed by atoms with E-state index in [1.54, 1.807) is 0 Å². The zero-order chi connectivity index (χ0) is 15.5. The SMILES string of the molecule is CCCC(=O)Nc1ccc2c(c1)nc(C)n2-c1ccccc1. The van der Waals surface area contributed by atoms with Gasteiger partial charge in [0.15, 0.2) is 0 Å². The molecule has 0 saturated carbocycles. The molecule has 0 fully saturated rings. The lowest BCUT2D eigenvalue weighted by atomic mass is 10.2. The number of aromatic nitrogens is 2. The number of nitrogens with one attached hydrogen (secondary N) is 1. The number of anilines is 1. The van der Waals surface area contributed by atoms with Crippen LogP contribution in [0.4, 0.5) is 5.69 Å². The fraction of sp³-hybridized carbons (Fsp3) is 0.222. The molecule has 2 aromatic carbocycles. The minimum absolute atomic E-state index is 0.0427. The zero-order valence-corrected chi connectivity index (χ0v) is 12.8. The van der Waals surface area contributed by atoms with Crippen molar-refractivity contribution in [1.29, 1.82) is 0 Å². The van der Waals surface area contributed by atoms with Gasteiger partial charge in [0.1, 0.15) is 5.82 Å². The number of hydrogen-bond donors (Lipinski definition) is 1. The maximum atomic E-state index is 11.7. The molecule has 0 aliphatic rings. The predicted octanol–water partition coefficient (Wildman–Crippen LogP) is 4.07. The van der Waals surface area contributed by atoms with Crippen molar-refractivity contribution < 1.29 is 4.79 Å². The van der Waals surface area contributed by atoms with Crippen molar-refractivity contribution in [3.05, 3.63) is 54.4 Å². The first-order valence-electron chi connectivity index (χ1n) is 7.53. The van der Waals surface area contributed by atoms with Crippen LogP contribution in [0.25, 0.3) is 16.7 Å². The van der Waals surface area contributed by atoms with Crippen LogP contribution in [0.2, 0.25) is 0 Å². The van der Waals surface area contributed by atoms with Gasteiger partial charge in [-0.3, -0.25) is 9.36 Å². The highest BCUT2D eigenvalue weighted by Crippen LogP contribution is 2.24. The fourth-order valence-corrected chi connectivity index (χ4v) is 2.63. The first-order chi connectivity index (χ1) is 10.7. The maximum absolute atomic E-state index is 11.7. The molecule has 3 aromatic rings. The van der Waals surface area contributed by atoms with Crippen molar-refractivity contribution in [2.24, 2.45) is 0 Å². The second-order valence-electron chi connectivity index (χ2n) is 5.33. The first-order valence-corrected chi connectivity index (χ1v) is 7.53. The first kappa shape index (κ1) is 14.3. The van der Waals surface area contributed by atoms with E-state index in [1.807, 2.05) is 50.2 Å². The van der Waals surface area contributed by atoms with E-state index in [1.165, 1.54) is 0 Å². The van der Waals surface area contributed by atoms with Gasteiger partial charge in [0.05, 0.1) is 11.0 Å². The fourth-order valence-electron chi connectivity index (χ4n) is 2.63. The van der Waals surface area contributed by atoms with Gasteiger partial charge in [-0.05, 0) is 43.7 Å². The van der Waals surface area contributed by atoms with Gasteiger partial charge >= 0.3 is 0 Å². The lowest BCUT2D eigenvalue weighted by Gasteiger charge is -2.07. The van der Waals surface area contributed by atoms with Crippen LogP contribution in [-0.2, 0) is 4.79 Å². The Morgan fingerprint density at radius 1 is 1.18 bits per heavy atom. The zero-order valence-electron chi connectivity index (χ0n) is 12.8. The van der Waals surface area contributed by atoms with Crippen LogP contribution in [-0.4, -0.2) is 15.5 Å². The molecule has 4 nitrogen and oxygen atoms in total. The monoisotopic (exact) mass is 293 g/mol. The molecule has 112 valence electrons. The lowest BCUT2D eigenvalue weighted by molar-refractivity contribution is -0.116. The Hall–Kier alpha value is -2.62. The number of para-hydroxylation sites is 1. The Balaban J connectivity index is 2.00. The third kappa shape index (κ3) is 2.72. The minimum atomic E-state index is 0.0427. The number of imidazole rings is 1. The van der Waals surface area contributed by atoms with Gasteiger partial charge < -0.3 is 5.32 Å². The number of nitrogens with zero attached hydrogens (tertiary/aromatic N) is 2. The van der Waals surface area contributed by atoms with Crippen molar-refractivity contribution in [2.75, 3.05) is 5.32 Å². The van der Waals surface area contributed by atoms with Crippen LogP contribution >= 0.6 is 0 Å². The molecule has 0 spiro atoms. The topological polar surface area (TPSA) is 46.9 Å². The number of carbonyl (C=O) groups is 1. The Labute approximate surface area is 129 Å². The molecule has 0 aliphatic heterocycles. The molecule has 1 amide bonds. The van der Waals surface area contributed by atoms with Gasteiger partial charge in [0, 0.05) is 17.8 Å². The highest BCUT2D eigenvalue weighted by Gasteiger charge is 2.10. The largest absolute Gasteiger partial charge is 0.326 e. The van der Waals surface area contributed by atoms with Crippen LogP contribution in [0, 0.1) is 6.92 Å². The molecule has 0 radical (unpaired) electrons. The molecule has 4 heteroatoms. The van der Waals surface area contributed by atoms with Gasteiger partial charge in [-0.25, -0.2) is 4.98 Å². The van der Waals surface area contributed by atoms with E-state index in [4.69, 9.17) is 0 Å². The van der Waals surface area contributed by atoms with Crippen molar-refractivity contribution in [1.82, 2.24) is 9.55 Å². The molecule has 3 rings (SSSR count). The predicted molar refractivity (Wildman–Crippen MR) is 89.3 cm³/mol. The maximum Gasteiger partial charge on any atom is 0.224 e. The van der Waals surface area contributed by atoms with Gasteiger partial charge in [-0.1, -0.05) is 25.1 Å². The molecule has 1 aromatic heterocycles. The summed E-state index contributed by atoms with van der Waals surface area (Å²) in [6, 6.07) is 16.0. The highest BCUT2D eigenvalue weighted by molar-refractivity contribution is 5.93. The van der Waals surface area contributed by atoms with E-state index in [0.717, 1.165) is 34.7 Å².